The van der Waals surface area contributed by atoms with E-state index in [0.29, 0.717) is 26.4 Å². The minimum atomic E-state index is 0.0133. The quantitative estimate of drug-likeness (QED) is 0.0965. The molecular formula is C66H57NO4. The van der Waals surface area contributed by atoms with E-state index in [1.54, 1.807) is 0 Å². The average Bonchev–Trinajstić information content (AvgIpc) is 3.43. The van der Waals surface area contributed by atoms with E-state index >= 15 is 0 Å². The summed E-state index contributed by atoms with van der Waals surface area (Å²) in [5.74, 6) is 3.22. The molecule has 0 aliphatic carbocycles. The largest absolute Gasteiger partial charge is 0.488 e. The van der Waals surface area contributed by atoms with Gasteiger partial charge in [-0.05, 0) is 82.1 Å². The minimum absolute atomic E-state index is 0.0133. The molecule has 10 aromatic carbocycles. The Kier molecular flexibility index (Phi) is 13.3. The summed E-state index contributed by atoms with van der Waals surface area (Å²) in [5.41, 5.74) is 12.1. The zero-order valence-electron chi connectivity index (χ0n) is 40.3. The molecule has 11 rings (SSSR count). The van der Waals surface area contributed by atoms with Gasteiger partial charge in [0.15, 0.2) is 0 Å². The summed E-state index contributed by atoms with van der Waals surface area (Å²) >= 11 is 0. The number of ether oxygens (including phenoxy) is 4. The van der Waals surface area contributed by atoms with Crippen LogP contribution in [-0.2, 0) is 39.4 Å². The summed E-state index contributed by atoms with van der Waals surface area (Å²) in [7, 11) is 0. The summed E-state index contributed by atoms with van der Waals surface area (Å²) < 4.78 is 28.4. The third-order valence-corrected chi connectivity index (χ3v) is 14.0. The van der Waals surface area contributed by atoms with Crippen molar-refractivity contribution in [3.63, 3.8) is 0 Å². The molecule has 1 heterocycles. The lowest BCUT2D eigenvalue weighted by molar-refractivity contribution is 0.125. The predicted molar refractivity (Wildman–Crippen MR) is 289 cm³/mol. The second-order valence-electron chi connectivity index (χ2n) is 18.6. The van der Waals surface area contributed by atoms with Crippen LogP contribution in [0.3, 0.4) is 0 Å². The molecule has 2 atom stereocenters. The van der Waals surface area contributed by atoms with Crippen LogP contribution in [0.5, 0.6) is 23.0 Å². The van der Waals surface area contributed by atoms with Crippen LogP contribution in [0, 0.1) is 0 Å². The number of rotatable bonds is 16. The van der Waals surface area contributed by atoms with Crippen LogP contribution in [0.2, 0.25) is 0 Å². The maximum absolute atomic E-state index is 7.18. The molecule has 0 saturated carbocycles. The topological polar surface area (TPSA) is 40.2 Å². The number of nitrogens with zero attached hydrogens (tertiary/aromatic N) is 1. The molecule has 10 aromatic rings. The number of benzene rings is 10. The van der Waals surface area contributed by atoms with Crippen molar-refractivity contribution in [2.75, 3.05) is 0 Å². The van der Waals surface area contributed by atoms with Crippen LogP contribution in [0.1, 0.15) is 58.8 Å². The zero-order valence-corrected chi connectivity index (χ0v) is 40.3. The highest BCUT2D eigenvalue weighted by Crippen LogP contribution is 2.53. The Morgan fingerprint density at radius 3 is 1.41 bits per heavy atom. The molecule has 0 saturated heterocycles. The lowest BCUT2D eigenvalue weighted by atomic mass is 9.81. The van der Waals surface area contributed by atoms with E-state index in [2.05, 4.69) is 219 Å². The molecule has 5 nitrogen and oxygen atoms in total. The molecule has 0 bridgehead atoms. The Bertz CT molecular complexity index is 3400. The lowest BCUT2D eigenvalue weighted by Crippen LogP contribution is -2.41. The summed E-state index contributed by atoms with van der Waals surface area (Å²) in [6.07, 6.45) is 0.781. The van der Waals surface area contributed by atoms with Crippen LogP contribution in [0.15, 0.2) is 224 Å². The Balaban J connectivity index is 1.17. The van der Waals surface area contributed by atoms with Crippen molar-refractivity contribution in [1.82, 2.24) is 4.90 Å². The summed E-state index contributed by atoms with van der Waals surface area (Å²) in [5, 5.41) is 4.22. The first-order valence-corrected chi connectivity index (χ1v) is 24.8. The van der Waals surface area contributed by atoms with Gasteiger partial charge in [-0.1, -0.05) is 206 Å². The van der Waals surface area contributed by atoms with Gasteiger partial charge in [-0.3, -0.25) is 4.90 Å². The molecule has 71 heavy (non-hydrogen) atoms. The highest BCUT2D eigenvalue weighted by Gasteiger charge is 2.36. The first-order valence-electron chi connectivity index (χ1n) is 24.8. The van der Waals surface area contributed by atoms with Crippen molar-refractivity contribution in [2.45, 2.75) is 65.3 Å². The standard InChI is InChI=1S/C66H57NO4/c1-46-38-60-63(47(2)67(46)41-48-22-8-3-9-23-48)61(68-42-49-24-10-4-11-25-49)40-62(69-43-50-26-12-5-13-27-50)64(60)58-39-59(66(56-35-21-20-34-55(56)58)71-45-52-30-16-7-17-31-52)57-37-36-53-32-18-19-33-54(53)65(57)70-44-51-28-14-6-15-29-51/h3-37,39-40,46-47H,38,41-45H2,1-2H3/t46-,47-/m1/s1. The van der Waals surface area contributed by atoms with Crippen LogP contribution < -0.4 is 18.9 Å². The molecule has 0 radical (unpaired) electrons. The zero-order chi connectivity index (χ0) is 47.9. The Hall–Kier alpha value is -8.12. The number of hydrogen-bond acceptors (Lipinski definition) is 5. The predicted octanol–water partition coefficient (Wildman–Crippen LogP) is 16.2. The maximum Gasteiger partial charge on any atom is 0.135 e. The van der Waals surface area contributed by atoms with Gasteiger partial charge in [0, 0.05) is 57.7 Å². The smallest absolute Gasteiger partial charge is 0.135 e. The van der Waals surface area contributed by atoms with Crippen molar-refractivity contribution >= 4 is 21.5 Å². The summed E-state index contributed by atoms with van der Waals surface area (Å²) in [4.78, 5) is 2.62. The van der Waals surface area contributed by atoms with Gasteiger partial charge in [-0.25, -0.2) is 0 Å². The fourth-order valence-corrected chi connectivity index (χ4v) is 10.4. The first kappa shape index (κ1) is 45.3. The van der Waals surface area contributed by atoms with E-state index in [1.807, 2.05) is 24.3 Å². The second-order valence-corrected chi connectivity index (χ2v) is 18.6. The van der Waals surface area contributed by atoms with Crippen LogP contribution >= 0.6 is 0 Å². The van der Waals surface area contributed by atoms with Crippen molar-refractivity contribution in [1.29, 1.82) is 0 Å². The van der Waals surface area contributed by atoms with E-state index in [4.69, 9.17) is 18.9 Å². The van der Waals surface area contributed by atoms with Gasteiger partial charge < -0.3 is 18.9 Å². The molecule has 0 unspecified atom stereocenters. The van der Waals surface area contributed by atoms with E-state index in [-0.39, 0.29) is 12.1 Å². The van der Waals surface area contributed by atoms with Crippen molar-refractivity contribution in [2.24, 2.45) is 0 Å². The van der Waals surface area contributed by atoms with Crippen molar-refractivity contribution in [3.8, 4) is 45.3 Å². The maximum atomic E-state index is 7.18. The van der Waals surface area contributed by atoms with Gasteiger partial charge in [0.1, 0.15) is 49.4 Å². The van der Waals surface area contributed by atoms with Crippen molar-refractivity contribution in [3.05, 3.63) is 263 Å². The van der Waals surface area contributed by atoms with Crippen LogP contribution in [0.4, 0.5) is 0 Å². The molecule has 0 spiro atoms. The molecule has 1 aliphatic rings. The van der Waals surface area contributed by atoms with Gasteiger partial charge in [-0.2, -0.15) is 0 Å². The van der Waals surface area contributed by atoms with E-state index in [1.165, 1.54) is 16.7 Å². The van der Waals surface area contributed by atoms with E-state index in [0.717, 1.165) is 102 Å². The van der Waals surface area contributed by atoms with Gasteiger partial charge in [0.25, 0.3) is 0 Å². The lowest BCUT2D eigenvalue weighted by Gasteiger charge is -2.42. The normalized spacial score (nSPS) is 14.5. The Morgan fingerprint density at radius 2 is 0.845 bits per heavy atom. The second kappa shape index (κ2) is 20.9. The van der Waals surface area contributed by atoms with Crippen LogP contribution in [0.25, 0.3) is 43.8 Å². The number of fused-ring (bicyclic) bond motifs is 3. The average molecular weight is 928 g/mol. The Labute approximate surface area is 417 Å². The molecule has 5 heteroatoms. The molecule has 0 amide bonds. The third kappa shape index (κ3) is 9.75. The highest BCUT2D eigenvalue weighted by atomic mass is 16.5. The molecular weight excluding hydrogens is 871 g/mol. The van der Waals surface area contributed by atoms with E-state index < -0.39 is 0 Å². The van der Waals surface area contributed by atoms with Gasteiger partial charge in [-0.15, -0.1) is 0 Å². The van der Waals surface area contributed by atoms with Crippen molar-refractivity contribution < 1.29 is 18.9 Å². The van der Waals surface area contributed by atoms with Crippen LogP contribution in [-0.4, -0.2) is 10.9 Å². The summed E-state index contributed by atoms with van der Waals surface area (Å²) in [6, 6.07) is 78.8. The molecule has 0 N–H and O–H groups in total. The molecule has 0 fully saturated rings. The van der Waals surface area contributed by atoms with Gasteiger partial charge in [0.2, 0.25) is 0 Å². The van der Waals surface area contributed by atoms with E-state index in [9.17, 15) is 0 Å². The van der Waals surface area contributed by atoms with Gasteiger partial charge in [0.05, 0.1) is 0 Å². The first-order chi connectivity index (χ1) is 35.1. The monoisotopic (exact) mass is 927 g/mol. The fourth-order valence-electron chi connectivity index (χ4n) is 10.4. The van der Waals surface area contributed by atoms with Gasteiger partial charge >= 0.3 is 0 Å². The SMILES string of the molecule is C[C@@H]1Cc2c(-c3cc(-c4ccc5ccccc5c4OCc4ccccc4)c(OCc4ccccc4)c4ccccc34)c(OCc3ccccc3)cc(OCc3ccccc3)c2[C@@H](C)N1Cc1ccccc1. The fraction of sp³-hybridized carbons (Fsp3) is 0.152. The molecule has 0 aromatic heterocycles. The highest BCUT2D eigenvalue weighted by molar-refractivity contribution is 6.08. The molecule has 350 valence electrons. The Morgan fingerprint density at radius 1 is 0.394 bits per heavy atom. The minimum Gasteiger partial charge on any atom is -0.488 e. The third-order valence-electron chi connectivity index (χ3n) is 14.0. The molecule has 1 aliphatic heterocycles. The number of hydrogen-bond donors (Lipinski definition) is 0. The summed E-state index contributed by atoms with van der Waals surface area (Å²) in [6.45, 7) is 7.15.